The third-order valence-corrected chi connectivity index (χ3v) is 2.99. The van der Waals surface area contributed by atoms with Gasteiger partial charge in [0.1, 0.15) is 0 Å². The van der Waals surface area contributed by atoms with Crippen LogP contribution >= 0.6 is 0 Å². The smallest absolute Gasteiger partial charge is 0.0105 e. The van der Waals surface area contributed by atoms with Crippen molar-refractivity contribution in [2.75, 3.05) is 26.2 Å². The molecule has 76 valence electrons. The Kier molecular flexibility index (Phi) is 3.17. The highest BCUT2D eigenvalue weighted by molar-refractivity contribution is 5.20. The van der Waals surface area contributed by atoms with Crippen molar-refractivity contribution >= 4 is 0 Å². The summed E-state index contributed by atoms with van der Waals surface area (Å²) in [5.41, 5.74) is 7.03. The number of nitrogens with two attached hydrogens (primary N) is 1. The Morgan fingerprint density at radius 3 is 2.79 bits per heavy atom. The van der Waals surface area contributed by atoms with Crippen LogP contribution in [0.3, 0.4) is 0 Å². The lowest BCUT2D eigenvalue weighted by atomic mass is 9.99. The zero-order valence-corrected chi connectivity index (χ0v) is 8.52. The molecule has 1 heterocycles. The van der Waals surface area contributed by atoms with E-state index in [-0.39, 0.29) is 0 Å². The lowest BCUT2D eigenvalue weighted by Gasteiger charge is -2.14. The van der Waals surface area contributed by atoms with Crippen molar-refractivity contribution in [2.24, 2.45) is 5.73 Å². The lowest BCUT2D eigenvalue weighted by molar-refractivity contribution is 0.344. The molecule has 2 nitrogen and oxygen atoms in total. The molecule has 0 bridgehead atoms. The average Bonchev–Trinajstić information content (AvgIpc) is 2.68. The molecule has 1 aromatic rings. The number of benzene rings is 1. The minimum Gasteiger partial charge on any atom is -0.329 e. The molecule has 2 N–H and O–H groups in total. The summed E-state index contributed by atoms with van der Waals surface area (Å²) in [5.74, 6) is 0.725. The van der Waals surface area contributed by atoms with Gasteiger partial charge in [0, 0.05) is 19.6 Å². The summed E-state index contributed by atoms with van der Waals surface area (Å²) < 4.78 is 0. The maximum Gasteiger partial charge on any atom is 0.0105 e. The van der Waals surface area contributed by atoms with Gasteiger partial charge < -0.3 is 10.6 Å². The number of rotatable bonds is 3. The minimum atomic E-state index is 0.725. The molecule has 0 unspecified atom stereocenters. The van der Waals surface area contributed by atoms with Crippen molar-refractivity contribution in [3.05, 3.63) is 35.9 Å². The summed E-state index contributed by atoms with van der Waals surface area (Å²) in [6.07, 6.45) is 1.28. The Bertz CT molecular complexity index is 271. The van der Waals surface area contributed by atoms with Crippen LogP contribution in [0.25, 0.3) is 0 Å². The number of likely N-dealkylation sites (tertiary alicyclic amines) is 1. The molecule has 1 aliphatic heterocycles. The third-order valence-electron chi connectivity index (χ3n) is 2.99. The van der Waals surface area contributed by atoms with Crippen molar-refractivity contribution in [2.45, 2.75) is 12.3 Å². The molecular weight excluding hydrogens is 172 g/mol. The summed E-state index contributed by atoms with van der Waals surface area (Å²) in [6, 6.07) is 10.8. The van der Waals surface area contributed by atoms with Gasteiger partial charge in [0.2, 0.25) is 0 Å². The maximum atomic E-state index is 5.55. The van der Waals surface area contributed by atoms with Crippen molar-refractivity contribution in [3.63, 3.8) is 0 Å². The van der Waals surface area contributed by atoms with Crippen LogP contribution in [0, 0.1) is 0 Å². The fourth-order valence-corrected chi connectivity index (χ4v) is 2.22. The van der Waals surface area contributed by atoms with Gasteiger partial charge in [-0.1, -0.05) is 30.3 Å². The van der Waals surface area contributed by atoms with Gasteiger partial charge in [0.25, 0.3) is 0 Å². The largest absolute Gasteiger partial charge is 0.329 e. The van der Waals surface area contributed by atoms with Crippen LogP contribution in [-0.4, -0.2) is 31.1 Å². The summed E-state index contributed by atoms with van der Waals surface area (Å²) in [5, 5.41) is 0. The molecule has 0 amide bonds. The molecule has 1 saturated heterocycles. The molecule has 2 rings (SSSR count). The Morgan fingerprint density at radius 2 is 2.07 bits per heavy atom. The zero-order chi connectivity index (χ0) is 9.80. The minimum absolute atomic E-state index is 0.725. The first-order valence-corrected chi connectivity index (χ1v) is 5.37. The first kappa shape index (κ1) is 9.69. The van der Waals surface area contributed by atoms with Gasteiger partial charge in [-0.2, -0.15) is 0 Å². The number of hydrogen-bond donors (Lipinski definition) is 1. The van der Waals surface area contributed by atoms with Crippen LogP contribution in [0.2, 0.25) is 0 Å². The quantitative estimate of drug-likeness (QED) is 0.781. The predicted molar refractivity (Wildman–Crippen MR) is 59.3 cm³/mol. The molecule has 14 heavy (non-hydrogen) atoms. The molecule has 0 aliphatic carbocycles. The van der Waals surface area contributed by atoms with Crippen LogP contribution in [0.5, 0.6) is 0 Å². The van der Waals surface area contributed by atoms with E-state index in [1.165, 1.54) is 25.1 Å². The standard InChI is InChI=1S/C12H18N2/c13-7-9-14-8-6-12(10-14)11-4-2-1-3-5-11/h1-5,12H,6-10,13H2/t12-/m1/s1. The van der Waals surface area contributed by atoms with Crippen LogP contribution < -0.4 is 5.73 Å². The Hall–Kier alpha value is -0.860. The second kappa shape index (κ2) is 4.58. The molecule has 1 aromatic carbocycles. The highest BCUT2D eigenvalue weighted by Gasteiger charge is 2.22. The highest BCUT2D eigenvalue weighted by atomic mass is 15.1. The van der Waals surface area contributed by atoms with Gasteiger partial charge in [0.05, 0.1) is 0 Å². The van der Waals surface area contributed by atoms with Gasteiger partial charge >= 0.3 is 0 Å². The monoisotopic (exact) mass is 190 g/mol. The molecule has 1 aliphatic rings. The van der Waals surface area contributed by atoms with Gasteiger partial charge in [0.15, 0.2) is 0 Å². The first-order valence-electron chi connectivity index (χ1n) is 5.37. The van der Waals surface area contributed by atoms with Crippen molar-refractivity contribution < 1.29 is 0 Å². The lowest BCUT2D eigenvalue weighted by Crippen LogP contribution is -2.26. The predicted octanol–water partition coefficient (Wildman–Crippen LogP) is 1.43. The molecule has 0 saturated carbocycles. The molecule has 1 fully saturated rings. The van der Waals surface area contributed by atoms with E-state index in [1.54, 1.807) is 0 Å². The second-order valence-corrected chi connectivity index (χ2v) is 3.99. The third kappa shape index (κ3) is 2.14. The molecule has 0 radical (unpaired) electrons. The second-order valence-electron chi connectivity index (χ2n) is 3.99. The van der Waals surface area contributed by atoms with Crippen molar-refractivity contribution in [1.29, 1.82) is 0 Å². The van der Waals surface area contributed by atoms with E-state index in [1.807, 2.05) is 0 Å². The summed E-state index contributed by atoms with van der Waals surface area (Å²) in [6.45, 7) is 4.21. The van der Waals surface area contributed by atoms with Crippen LogP contribution in [0.15, 0.2) is 30.3 Å². The molecule has 1 atom stereocenters. The normalized spacial score (nSPS) is 22.8. The summed E-state index contributed by atoms with van der Waals surface area (Å²) in [7, 11) is 0. The fraction of sp³-hybridized carbons (Fsp3) is 0.500. The summed E-state index contributed by atoms with van der Waals surface area (Å²) in [4.78, 5) is 2.46. The fourth-order valence-electron chi connectivity index (χ4n) is 2.22. The van der Waals surface area contributed by atoms with Gasteiger partial charge in [-0.05, 0) is 24.4 Å². The van der Waals surface area contributed by atoms with E-state index in [2.05, 4.69) is 35.2 Å². The molecular formula is C12H18N2. The topological polar surface area (TPSA) is 29.3 Å². The van der Waals surface area contributed by atoms with E-state index in [4.69, 9.17) is 5.73 Å². The van der Waals surface area contributed by atoms with Crippen molar-refractivity contribution in [3.8, 4) is 0 Å². The zero-order valence-electron chi connectivity index (χ0n) is 8.52. The van der Waals surface area contributed by atoms with Gasteiger partial charge in [-0.15, -0.1) is 0 Å². The average molecular weight is 190 g/mol. The highest BCUT2D eigenvalue weighted by Crippen LogP contribution is 2.26. The van der Waals surface area contributed by atoms with Crippen LogP contribution in [0.1, 0.15) is 17.9 Å². The van der Waals surface area contributed by atoms with Gasteiger partial charge in [-0.25, -0.2) is 0 Å². The molecule has 2 heteroatoms. The Labute approximate surface area is 85.7 Å². The molecule has 0 spiro atoms. The van der Waals surface area contributed by atoms with Crippen LogP contribution in [0.4, 0.5) is 0 Å². The van der Waals surface area contributed by atoms with E-state index in [0.717, 1.165) is 19.0 Å². The van der Waals surface area contributed by atoms with Gasteiger partial charge in [-0.3, -0.25) is 0 Å². The maximum absolute atomic E-state index is 5.55. The van der Waals surface area contributed by atoms with E-state index < -0.39 is 0 Å². The SMILES string of the molecule is NCCN1CC[C@@H](c2ccccc2)C1. The van der Waals surface area contributed by atoms with E-state index in [0.29, 0.717) is 0 Å². The van der Waals surface area contributed by atoms with Crippen LogP contribution in [-0.2, 0) is 0 Å². The first-order chi connectivity index (χ1) is 6.90. The number of nitrogens with zero attached hydrogens (tertiary/aromatic N) is 1. The molecule has 0 aromatic heterocycles. The number of hydrogen-bond acceptors (Lipinski definition) is 2. The van der Waals surface area contributed by atoms with E-state index in [9.17, 15) is 0 Å². The summed E-state index contributed by atoms with van der Waals surface area (Å²) >= 11 is 0. The Morgan fingerprint density at radius 1 is 1.29 bits per heavy atom. The van der Waals surface area contributed by atoms with E-state index >= 15 is 0 Å². The Balaban J connectivity index is 1.96. The van der Waals surface area contributed by atoms with Crippen molar-refractivity contribution in [1.82, 2.24) is 4.90 Å².